The van der Waals surface area contributed by atoms with Crippen molar-refractivity contribution in [3.8, 4) is 0 Å². The summed E-state index contributed by atoms with van der Waals surface area (Å²) in [7, 11) is 0. The van der Waals surface area contributed by atoms with E-state index in [1.807, 2.05) is 6.07 Å². The van der Waals surface area contributed by atoms with Crippen LogP contribution >= 0.6 is 0 Å². The van der Waals surface area contributed by atoms with Gasteiger partial charge in [0.05, 0.1) is 5.70 Å². The number of nitrogens with two attached hydrogens (primary N) is 1. The molecule has 29 heavy (non-hydrogen) atoms. The minimum Gasteiger partial charge on any atom is -0.399 e. The van der Waals surface area contributed by atoms with Crippen LogP contribution < -0.4 is 5.73 Å². The van der Waals surface area contributed by atoms with Crippen molar-refractivity contribution in [1.82, 2.24) is 0 Å². The Bertz CT molecular complexity index is 927. The zero-order valence-corrected chi connectivity index (χ0v) is 18.7. The highest BCUT2D eigenvalue weighted by Crippen LogP contribution is 2.53. The minimum atomic E-state index is -0.0819. The molecule has 3 nitrogen and oxygen atoms in total. The summed E-state index contributed by atoms with van der Waals surface area (Å²) in [6.07, 6.45) is 13.0. The topological polar surface area (TPSA) is 62.2 Å². The molecule has 2 atom stereocenters. The van der Waals surface area contributed by atoms with Gasteiger partial charge in [0.2, 0.25) is 0 Å². The molecule has 0 aliphatic heterocycles. The molecule has 154 valence electrons. The average molecular weight is 390 g/mol. The molecule has 3 heteroatoms. The number of nitrogens with one attached hydrogen (secondary N) is 1. The summed E-state index contributed by atoms with van der Waals surface area (Å²) >= 11 is 0. The molecule has 0 aromatic heterocycles. The molecule has 0 heterocycles. The van der Waals surface area contributed by atoms with Crippen molar-refractivity contribution in [3.63, 3.8) is 0 Å². The molecule has 0 saturated heterocycles. The van der Waals surface area contributed by atoms with Crippen LogP contribution in [0.3, 0.4) is 0 Å². The highest BCUT2D eigenvalue weighted by molar-refractivity contribution is 5.46. The Labute approximate surface area is 176 Å². The first-order valence-corrected chi connectivity index (χ1v) is 10.6. The van der Waals surface area contributed by atoms with Crippen molar-refractivity contribution in [3.05, 3.63) is 77.1 Å². The first-order valence-electron chi connectivity index (χ1n) is 10.6. The van der Waals surface area contributed by atoms with Gasteiger partial charge in [-0.1, -0.05) is 89.1 Å². The lowest BCUT2D eigenvalue weighted by molar-refractivity contribution is 0.221. The Morgan fingerprint density at radius 2 is 1.93 bits per heavy atom. The van der Waals surface area contributed by atoms with Crippen LogP contribution in [0.15, 0.2) is 76.6 Å². The Morgan fingerprint density at radius 1 is 1.21 bits per heavy atom. The van der Waals surface area contributed by atoms with E-state index in [1.165, 1.54) is 16.7 Å². The minimum absolute atomic E-state index is 0.0287. The SMILES string of the molecule is CC1CC=C(N=N)C=C1C(C)(C)C1=CC=CC(C)(C(C)(C)c2cccc(N)c2)C1. The first-order chi connectivity index (χ1) is 13.5. The van der Waals surface area contributed by atoms with E-state index in [0.717, 1.165) is 24.2 Å². The molecule has 0 spiro atoms. The zero-order chi connectivity index (χ0) is 21.4. The molecule has 2 aliphatic rings. The van der Waals surface area contributed by atoms with Crippen molar-refractivity contribution in [2.45, 2.75) is 59.8 Å². The quantitative estimate of drug-likeness (QED) is 0.401. The normalized spacial score (nSPS) is 25.2. The highest BCUT2D eigenvalue weighted by atomic mass is 15.0. The fourth-order valence-electron chi connectivity index (χ4n) is 4.85. The van der Waals surface area contributed by atoms with Crippen molar-refractivity contribution in [1.29, 1.82) is 5.53 Å². The van der Waals surface area contributed by atoms with Crippen molar-refractivity contribution >= 4 is 5.69 Å². The largest absolute Gasteiger partial charge is 0.399 e. The third kappa shape index (κ3) is 3.75. The number of nitrogen functional groups attached to an aromatic ring is 1. The molecular formula is C26H35N3. The summed E-state index contributed by atoms with van der Waals surface area (Å²) in [4.78, 5) is 0. The van der Waals surface area contributed by atoms with Gasteiger partial charge in [0.15, 0.2) is 0 Å². The second kappa shape index (κ2) is 7.44. The standard InChI is InChI=1S/C26H35N3/c1-18-12-13-22(29-28)16-23(18)24(2,3)20-10-8-14-26(6,17-20)25(4,5)19-9-7-11-21(27)15-19/h7-11,13-16,18,28H,12,17,27H2,1-6H3. The smallest absolute Gasteiger partial charge is 0.0810 e. The maximum Gasteiger partial charge on any atom is 0.0810 e. The maximum absolute atomic E-state index is 7.44. The average Bonchev–Trinajstić information content (AvgIpc) is 2.68. The van der Waals surface area contributed by atoms with E-state index in [-0.39, 0.29) is 16.2 Å². The van der Waals surface area contributed by atoms with Gasteiger partial charge in [-0.15, -0.1) is 0 Å². The molecule has 1 aromatic rings. The highest BCUT2D eigenvalue weighted by Gasteiger charge is 2.44. The lowest BCUT2D eigenvalue weighted by Gasteiger charge is -2.48. The summed E-state index contributed by atoms with van der Waals surface area (Å²) < 4.78 is 0. The van der Waals surface area contributed by atoms with E-state index in [1.54, 1.807) is 0 Å². The van der Waals surface area contributed by atoms with Gasteiger partial charge in [-0.05, 0) is 53.4 Å². The number of rotatable bonds is 5. The Kier molecular flexibility index (Phi) is 5.46. The number of benzene rings is 1. The first kappa shape index (κ1) is 21.3. The summed E-state index contributed by atoms with van der Waals surface area (Å²) in [5.74, 6) is 0.454. The molecule has 0 saturated carbocycles. The van der Waals surface area contributed by atoms with Crippen molar-refractivity contribution in [2.75, 3.05) is 5.73 Å². The lowest BCUT2D eigenvalue weighted by Crippen LogP contribution is -2.40. The van der Waals surface area contributed by atoms with E-state index in [4.69, 9.17) is 11.3 Å². The van der Waals surface area contributed by atoms with Gasteiger partial charge in [-0.2, -0.15) is 5.11 Å². The summed E-state index contributed by atoms with van der Waals surface area (Å²) in [5, 5.41) is 3.70. The summed E-state index contributed by atoms with van der Waals surface area (Å²) in [6, 6.07) is 8.31. The molecule has 2 aliphatic carbocycles. The van der Waals surface area contributed by atoms with Crippen LogP contribution in [0.2, 0.25) is 0 Å². The van der Waals surface area contributed by atoms with Gasteiger partial charge in [-0.25, -0.2) is 5.53 Å². The third-order valence-electron chi connectivity index (χ3n) is 7.52. The fraction of sp³-hybridized carbons (Fsp3) is 0.462. The molecule has 2 unspecified atom stereocenters. The fourth-order valence-corrected chi connectivity index (χ4v) is 4.85. The molecule has 1 aromatic carbocycles. The van der Waals surface area contributed by atoms with E-state index in [0.29, 0.717) is 5.92 Å². The number of nitrogens with zero attached hydrogens (tertiary/aromatic N) is 1. The molecular weight excluding hydrogens is 354 g/mol. The van der Waals surface area contributed by atoms with Gasteiger partial charge < -0.3 is 5.73 Å². The molecule has 0 bridgehead atoms. The van der Waals surface area contributed by atoms with Crippen molar-refractivity contribution < 1.29 is 0 Å². The van der Waals surface area contributed by atoms with Gasteiger partial charge >= 0.3 is 0 Å². The van der Waals surface area contributed by atoms with E-state index < -0.39 is 0 Å². The van der Waals surface area contributed by atoms with Gasteiger partial charge in [0.1, 0.15) is 0 Å². The molecule has 0 amide bonds. The molecule has 3 rings (SSSR count). The van der Waals surface area contributed by atoms with Crippen LogP contribution in [-0.4, -0.2) is 0 Å². The second-order valence-corrected chi connectivity index (χ2v) is 10.00. The Hall–Kier alpha value is -2.42. The summed E-state index contributed by atoms with van der Waals surface area (Å²) in [6.45, 7) is 13.9. The third-order valence-corrected chi connectivity index (χ3v) is 7.52. The molecule has 0 fully saturated rings. The number of allylic oxidation sites excluding steroid dienone is 7. The number of anilines is 1. The van der Waals surface area contributed by atoms with Crippen LogP contribution in [0.5, 0.6) is 0 Å². The van der Waals surface area contributed by atoms with Gasteiger partial charge in [0, 0.05) is 11.1 Å². The van der Waals surface area contributed by atoms with Crippen LogP contribution in [0.4, 0.5) is 5.69 Å². The zero-order valence-electron chi connectivity index (χ0n) is 18.7. The van der Waals surface area contributed by atoms with E-state index >= 15 is 0 Å². The summed E-state index contributed by atoms with van der Waals surface area (Å²) in [5.41, 5.74) is 19.0. The van der Waals surface area contributed by atoms with E-state index in [2.05, 4.69) is 95.2 Å². The van der Waals surface area contributed by atoms with Crippen LogP contribution in [-0.2, 0) is 5.41 Å². The number of hydrogen-bond donors (Lipinski definition) is 2. The number of hydrogen-bond acceptors (Lipinski definition) is 3. The Balaban J connectivity index is 1.97. The van der Waals surface area contributed by atoms with Gasteiger partial charge in [0.25, 0.3) is 0 Å². The van der Waals surface area contributed by atoms with Gasteiger partial charge in [-0.3, -0.25) is 0 Å². The predicted molar refractivity (Wildman–Crippen MR) is 123 cm³/mol. The lowest BCUT2D eigenvalue weighted by atomic mass is 9.56. The molecule has 3 N–H and O–H groups in total. The Morgan fingerprint density at radius 3 is 2.59 bits per heavy atom. The monoisotopic (exact) mass is 389 g/mol. The van der Waals surface area contributed by atoms with Crippen LogP contribution in [0.25, 0.3) is 0 Å². The second-order valence-electron chi connectivity index (χ2n) is 10.00. The predicted octanol–water partition coefficient (Wildman–Crippen LogP) is 7.35. The van der Waals surface area contributed by atoms with E-state index in [9.17, 15) is 0 Å². The molecule has 0 radical (unpaired) electrons. The van der Waals surface area contributed by atoms with Crippen LogP contribution in [0, 0.1) is 22.3 Å². The maximum atomic E-state index is 7.44. The van der Waals surface area contributed by atoms with Crippen LogP contribution in [0.1, 0.15) is 59.9 Å². The van der Waals surface area contributed by atoms with Crippen molar-refractivity contribution in [2.24, 2.45) is 21.9 Å².